The van der Waals surface area contributed by atoms with Gasteiger partial charge in [0.15, 0.2) is 0 Å². The van der Waals surface area contributed by atoms with Crippen molar-refractivity contribution in [2.75, 3.05) is 48.2 Å². The maximum absolute atomic E-state index is 12.5. The minimum Gasteiger partial charge on any atom is -0.372 e. The van der Waals surface area contributed by atoms with Crippen LogP contribution in [0.25, 0.3) is 0 Å². The van der Waals surface area contributed by atoms with Gasteiger partial charge in [0, 0.05) is 44.8 Å². The highest BCUT2D eigenvalue weighted by atomic mass is 32.2. The van der Waals surface area contributed by atoms with Gasteiger partial charge in [-0.25, -0.2) is 8.42 Å². The van der Waals surface area contributed by atoms with Gasteiger partial charge < -0.3 is 9.80 Å². The van der Waals surface area contributed by atoms with E-state index in [-0.39, 0.29) is 18.9 Å². The van der Waals surface area contributed by atoms with Gasteiger partial charge in [0.05, 0.1) is 11.9 Å². The van der Waals surface area contributed by atoms with Crippen LogP contribution >= 0.6 is 0 Å². The third-order valence-corrected chi connectivity index (χ3v) is 6.74. The predicted molar refractivity (Wildman–Crippen MR) is 110 cm³/mol. The van der Waals surface area contributed by atoms with Crippen LogP contribution in [-0.2, 0) is 14.8 Å². The van der Waals surface area contributed by atoms with Gasteiger partial charge in [0.2, 0.25) is 15.9 Å². The molecule has 0 N–H and O–H groups in total. The number of nitrogens with zero attached hydrogens (tertiary/aromatic N) is 3. The fourth-order valence-corrected chi connectivity index (χ4v) is 4.99. The lowest BCUT2D eigenvalue weighted by Gasteiger charge is -2.32. The first-order valence-electron chi connectivity index (χ1n) is 9.95. The molecule has 7 heteroatoms. The number of rotatable bonds is 6. The third-order valence-electron chi connectivity index (χ3n) is 5.55. The number of carbonyl (C=O) groups excluding carboxylic acids is 1. The van der Waals surface area contributed by atoms with Gasteiger partial charge in [-0.1, -0.05) is 6.92 Å². The average Bonchev–Trinajstić information content (AvgIpc) is 3.16. The Labute approximate surface area is 163 Å². The van der Waals surface area contributed by atoms with Crippen LogP contribution in [0.2, 0.25) is 0 Å². The fourth-order valence-electron chi connectivity index (χ4n) is 4.06. The van der Waals surface area contributed by atoms with Crippen LogP contribution in [0.1, 0.15) is 39.0 Å². The molecule has 1 unspecified atom stereocenters. The summed E-state index contributed by atoms with van der Waals surface area (Å²) in [6, 6.07) is 7.66. The van der Waals surface area contributed by atoms with Gasteiger partial charge >= 0.3 is 0 Å². The minimum atomic E-state index is -3.44. The summed E-state index contributed by atoms with van der Waals surface area (Å²) in [5.41, 5.74) is 1.75. The molecule has 0 saturated carbocycles. The first-order valence-corrected chi connectivity index (χ1v) is 11.8. The first kappa shape index (κ1) is 20.0. The Balaban J connectivity index is 1.66. The smallest absolute Gasteiger partial charge is 0.232 e. The van der Waals surface area contributed by atoms with E-state index in [1.807, 2.05) is 29.2 Å². The minimum absolute atomic E-state index is 0.0453. The van der Waals surface area contributed by atoms with Crippen molar-refractivity contribution in [3.8, 4) is 0 Å². The standard InChI is InChI=1S/C20H31N3O3S/c1-17-6-5-14-22(16-17)20(24)11-15-23(27(2,25)26)19-9-7-18(8-10-19)21-12-3-4-13-21/h7-10,17H,3-6,11-16H2,1-2H3. The molecular formula is C20H31N3O3S. The van der Waals surface area contributed by atoms with Gasteiger partial charge in [-0.05, 0) is 55.9 Å². The molecule has 27 heavy (non-hydrogen) atoms. The summed E-state index contributed by atoms with van der Waals surface area (Å²) in [6.07, 6.45) is 6.01. The number of amides is 1. The Kier molecular flexibility index (Phi) is 6.29. The molecule has 6 nitrogen and oxygen atoms in total. The van der Waals surface area contributed by atoms with Crippen LogP contribution < -0.4 is 9.21 Å². The first-order chi connectivity index (χ1) is 12.8. The number of sulfonamides is 1. The van der Waals surface area contributed by atoms with Gasteiger partial charge in [0.1, 0.15) is 0 Å². The highest BCUT2D eigenvalue weighted by Crippen LogP contribution is 2.25. The van der Waals surface area contributed by atoms with Crippen molar-refractivity contribution in [3.05, 3.63) is 24.3 Å². The number of benzene rings is 1. The number of carbonyl (C=O) groups is 1. The topological polar surface area (TPSA) is 60.9 Å². The maximum atomic E-state index is 12.5. The van der Waals surface area contributed by atoms with Crippen LogP contribution in [0.4, 0.5) is 11.4 Å². The monoisotopic (exact) mass is 393 g/mol. The second kappa shape index (κ2) is 8.50. The molecule has 1 aromatic rings. The van der Waals surface area contributed by atoms with E-state index in [1.54, 1.807) is 0 Å². The summed E-state index contributed by atoms with van der Waals surface area (Å²) >= 11 is 0. The average molecular weight is 394 g/mol. The molecule has 1 atom stereocenters. The van der Waals surface area contributed by atoms with E-state index >= 15 is 0 Å². The van der Waals surface area contributed by atoms with E-state index in [1.165, 1.54) is 23.4 Å². The zero-order valence-corrected chi connectivity index (χ0v) is 17.2. The fraction of sp³-hybridized carbons (Fsp3) is 0.650. The number of likely N-dealkylation sites (tertiary alicyclic amines) is 1. The van der Waals surface area contributed by atoms with E-state index in [9.17, 15) is 13.2 Å². The molecule has 0 aliphatic carbocycles. The van der Waals surface area contributed by atoms with Gasteiger partial charge in [-0.3, -0.25) is 9.10 Å². The Morgan fingerprint density at radius 1 is 1.11 bits per heavy atom. The second-order valence-electron chi connectivity index (χ2n) is 7.88. The Morgan fingerprint density at radius 2 is 1.78 bits per heavy atom. The summed E-state index contributed by atoms with van der Waals surface area (Å²) in [4.78, 5) is 16.7. The molecule has 150 valence electrons. The highest BCUT2D eigenvalue weighted by molar-refractivity contribution is 7.92. The molecule has 2 aliphatic heterocycles. The molecule has 1 amide bonds. The van der Waals surface area contributed by atoms with Crippen molar-refractivity contribution < 1.29 is 13.2 Å². The summed E-state index contributed by atoms with van der Waals surface area (Å²) < 4.78 is 26.0. The van der Waals surface area contributed by atoms with E-state index in [0.29, 0.717) is 11.6 Å². The largest absolute Gasteiger partial charge is 0.372 e. The molecule has 0 bridgehead atoms. The third kappa shape index (κ3) is 5.15. The molecule has 2 saturated heterocycles. The van der Waals surface area contributed by atoms with Crippen LogP contribution in [-0.4, -0.2) is 58.2 Å². The SMILES string of the molecule is CC1CCCN(C(=O)CCN(c2ccc(N3CCCC3)cc2)S(C)(=O)=O)C1. The number of hydrogen-bond acceptors (Lipinski definition) is 4. The lowest BCUT2D eigenvalue weighted by molar-refractivity contribution is -0.132. The zero-order valence-electron chi connectivity index (χ0n) is 16.4. The van der Waals surface area contributed by atoms with E-state index in [2.05, 4.69) is 11.8 Å². The molecular weight excluding hydrogens is 362 g/mol. The van der Waals surface area contributed by atoms with Gasteiger partial charge in [-0.15, -0.1) is 0 Å². The van der Waals surface area contributed by atoms with E-state index < -0.39 is 10.0 Å². The Bertz CT molecular complexity index is 742. The predicted octanol–water partition coefficient (Wildman–Crippen LogP) is 2.70. The molecule has 2 aliphatic rings. The number of hydrogen-bond donors (Lipinski definition) is 0. The van der Waals surface area contributed by atoms with E-state index in [0.717, 1.165) is 44.7 Å². The van der Waals surface area contributed by atoms with Crippen molar-refractivity contribution in [3.63, 3.8) is 0 Å². The summed E-state index contributed by atoms with van der Waals surface area (Å²) in [5.74, 6) is 0.565. The second-order valence-corrected chi connectivity index (χ2v) is 9.79. The zero-order chi connectivity index (χ0) is 19.4. The molecule has 2 fully saturated rings. The molecule has 0 radical (unpaired) electrons. The van der Waals surface area contributed by atoms with Crippen LogP contribution in [0.5, 0.6) is 0 Å². The van der Waals surface area contributed by atoms with Crippen LogP contribution in [0.3, 0.4) is 0 Å². The molecule has 3 rings (SSSR count). The van der Waals surface area contributed by atoms with Gasteiger partial charge in [0.25, 0.3) is 0 Å². The normalized spacial score (nSPS) is 20.7. The van der Waals surface area contributed by atoms with Crippen molar-refractivity contribution in [1.29, 1.82) is 0 Å². The lowest BCUT2D eigenvalue weighted by atomic mass is 10.00. The van der Waals surface area contributed by atoms with Crippen molar-refractivity contribution in [1.82, 2.24) is 4.90 Å². The quantitative estimate of drug-likeness (QED) is 0.746. The van der Waals surface area contributed by atoms with Gasteiger partial charge in [-0.2, -0.15) is 0 Å². The highest BCUT2D eigenvalue weighted by Gasteiger charge is 2.24. The Morgan fingerprint density at radius 3 is 2.37 bits per heavy atom. The number of anilines is 2. The van der Waals surface area contributed by atoms with Crippen LogP contribution in [0, 0.1) is 5.92 Å². The summed E-state index contributed by atoms with van der Waals surface area (Å²) in [7, 11) is -3.44. The van der Waals surface area contributed by atoms with Crippen molar-refractivity contribution in [2.24, 2.45) is 5.92 Å². The molecule has 1 aromatic carbocycles. The summed E-state index contributed by atoms with van der Waals surface area (Å²) in [6.45, 7) is 6.01. The molecule has 0 spiro atoms. The van der Waals surface area contributed by atoms with Crippen LogP contribution in [0.15, 0.2) is 24.3 Å². The molecule has 0 aromatic heterocycles. The Hall–Kier alpha value is -1.76. The van der Waals surface area contributed by atoms with Crippen molar-refractivity contribution in [2.45, 2.75) is 39.0 Å². The maximum Gasteiger partial charge on any atom is 0.232 e. The van der Waals surface area contributed by atoms with Crippen molar-refractivity contribution >= 4 is 27.3 Å². The van der Waals surface area contributed by atoms with E-state index in [4.69, 9.17) is 0 Å². The lowest BCUT2D eigenvalue weighted by Crippen LogP contribution is -2.41. The summed E-state index contributed by atoms with van der Waals surface area (Å²) in [5, 5.41) is 0. The number of piperidine rings is 1. The molecule has 2 heterocycles.